The second kappa shape index (κ2) is 6.47. The van der Waals surface area contributed by atoms with E-state index in [0.717, 1.165) is 30.3 Å². The van der Waals surface area contributed by atoms with Crippen LogP contribution in [0.2, 0.25) is 0 Å². The molecule has 0 spiro atoms. The first-order valence-electron chi connectivity index (χ1n) is 7.60. The lowest BCUT2D eigenvalue weighted by Crippen LogP contribution is -2.58. The topological polar surface area (TPSA) is 54.4 Å². The Bertz CT molecular complexity index is 1240. The summed E-state index contributed by atoms with van der Waals surface area (Å²) in [6.45, 7) is 0. The summed E-state index contributed by atoms with van der Waals surface area (Å²) < 4.78 is 152. The van der Waals surface area contributed by atoms with E-state index in [1.54, 1.807) is 0 Å². The van der Waals surface area contributed by atoms with Crippen molar-refractivity contribution < 1.29 is 52.5 Å². The molecule has 0 saturated heterocycles. The number of halogens is 9. The fourth-order valence-electron chi connectivity index (χ4n) is 2.81. The van der Waals surface area contributed by atoms with E-state index in [9.17, 15) is 47.9 Å². The minimum Gasteiger partial charge on any atom is -0.282 e. The predicted octanol–water partition coefficient (Wildman–Crippen LogP) is 6.37. The molecule has 1 N–H and O–H groups in total. The van der Waals surface area contributed by atoms with Crippen LogP contribution in [0.4, 0.5) is 39.5 Å². The summed E-state index contributed by atoms with van der Waals surface area (Å²) in [7, 11) is -8.45. The molecule has 3 aromatic rings. The molecule has 3 nitrogen and oxygen atoms in total. The van der Waals surface area contributed by atoms with Crippen molar-refractivity contribution in [2.75, 3.05) is 0 Å². The van der Waals surface area contributed by atoms with Crippen LogP contribution in [0.1, 0.15) is 0 Å². The van der Waals surface area contributed by atoms with Crippen LogP contribution in [-0.2, 0) is 15.4 Å². The van der Waals surface area contributed by atoms with Gasteiger partial charge in [-0.2, -0.15) is 39.2 Å². The number of hydrogen-bond acceptors (Lipinski definition) is 2. The molecule has 164 valence electrons. The highest BCUT2D eigenvalue weighted by Crippen LogP contribution is 2.64. The maximum absolute atomic E-state index is 14.8. The molecule has 0 aliphatic rings. The van der Waals surface area contributed by atoms with Gasteiger partial charge in [0.25, 0.3) is 10.1 Å². The fraction of sp³-hybridized carbons (Fsp3) is 0.250. The second-order valence-electron chi connectivity index (χ2n) is 6.10. The van der Waals surface area contributed by atoms with Gasteiger partial charge in [0.1, 0.15) is 0 Å². The lowest BCUT2D eigenvalue weighted by Gasteiger charge is -2.29. The van der Waals surface area contributed by atoms with Gasteiger partial charge in [-0.05, 0) is 24.3 Å². The van der Waals surface area contributed by atoms with Crippen molar-refractivity contribution >= 4 is 40.8 Å². The van der Waals surface area contributed by atoms with Gasteiger partial charge in [-0.3, -0.25) is 4.55 Å². The van der Waals surface area contributed by atoms with Gasteiger partial charge in [-0.25, -0.2) is 0 Å². The Hall–Kier alpha value is -2.06. The molecular weight excluding hydrogens is 475 g/mol. The van der Waals surface area contributed by atoms with Crippen molar-refractivity contribution in [2.45, 2.75) is 28.2 Å². The maximum atomic E-state index is 14.8. The molecule has 1 unspecified atom stereocenters. The van der Waals surface area contributed by atoms with E-state index >= 15 is 0 Å². The lowest BCUT2D eigenvalue weighted by atomic mass is 10.1. The summed E-state index contributed by atoms with van der Waals surface area (Å²) in [5, 5.41) is -6.43. The molecule has 0 saturated carbocycles. The Morgan fingerprint density at radius 2 is 1.27 bits per heavy atom. The molecule has 0 bridgehead atoms. The van der Waals surface area contributed by atoms with Crippen LogP contribution in [0.25, 0.3) is 20.2 Å². The summed E-state index contributed by atoms with van der Waals surface area (Å²) in [6, 6.07) is 6.27. The third kappa shape index (κ3) is 3.03. The summed E-state index contributed by atoms with van der Waals surface area (Å²) in [6.07, 6.45) is -6.98. The third-order valence-electron chi connectivity index (χ3n) is 4.24. The number of benzene rings is 2. The van der Waals surface area contributed by atoms with Gasteiger partial charge in [-0.1, -0.05) is 12.1 Å². The Kier molecular flexibility index (Phi) is 4.88. The highest BCUT2D eigenvalue weighted by atomic mass is 32.2. The molecule has 14 heteroatoms. The van der Waals surface area contributed by atoms with Crippen molar-refractivity contribution in [2.24, 2.45) is 0 Å². The molecule has 1 atom stereocenters. The molecule has 0 radical (unpaired) electrons. The molecular formula is C16H8F9O3S2+. The van der Waals surface area contributed by atoms with Crippen LogP contribution in [-0.4, -0.2) is 31.0 Å². The largest absolute Gasteiger partial charge is 0.503 e. The van der Waals surface area contributed by atoms with Crippen molar-refractivity contribution in [1.29, 1.82) is 0 Å². The van der Waals surface area contributed by atoms with Crippen LogP contribution in [0.3, 0.4) is 0 Å². The molecule has 1 aromatic heterocycles. The monoisotopic (exact) mass is 483 g/mol. The normalized spacial score (nSPS) is 15.2. The van der Waals surface area contributed by atoms with Crippen molar-refractivity contribution in [3.8, 4) is 0 Å². The van der Waals surface area contributed by atoms with E-state index in [4.69, 9.17) is 4.55 Å². The van der Waals surface area contributed by atoms with Crippen LogP contribution in [0.5, 0.6) is 0 Å². The van der Waals surface area contributed by atoms with Crippen molar-refractivity contribution in [3.63, 3.8) is 0 Å². The Morgan fingerprint density at radius 3 is 1.80 bits per heavy atom. The number of hydrogen-bond donors (Lipinski definition) is 1. The van der Waals surface area contributed by atoms with Gasteiger partial charge < -0.3 is 0 Å². The molecule has 0 aliphatic carbocycles. The van der Waals surface area contributed by atoms with Crippen molar-refractivity contribution in [1.82, 2.24) is 0 Å². The van der Waals surface area contributed by atoms with Gasteiger partial charge >= 0.3 is 23.3 Å². The zero-order valence-corrected chi connectivity index (χ0v) is 15.7. The molecule has 2 aromatic carbocycles. The first-order chi connectivity index (χ1) is 13.4. The van der Waals surface area contributed by atoms with Gasteiger partial charge in [0.05, 0.1) is 15.4 Å². The first-order valence-corrected chi connectivity index (χ1v) is 10.3. The Labute approximate surface area is 164 Å². The minimum absolute atomic E-state index is 0.177. The van der Waals surface area contributed by atoms with Crippen molar-refractivity contribution in [3.05, 3.63) is 42.5 Å². The first kappa shape index (κ1) is 22.6. The quantitative estimate of drug-likeness (QED) is 0.267. The fourth-order valence-corrected chi connectivity index (χ4v) is 5.82. The van der Waals surface area contributed by atoms with E-state index in [-0.39, 0.29) is 10.8 Å². The number of rotatable bonds is 4. The SMILES string of the molecule is O=S(=O)(O)c1ccc2c3ccccc3[s+](C(F)(F)C(F)(F)C(F)(F)C(F)(F)F)c2c1. The molecule has 1 heterocycles. The molecule has 30 heavy (non-hydrogen) atoms. The summed E-state index contributed by atoms with van der Waals surface area (Å²) in [5.74, 6) is -14.0. The smallest absolute Gasteiger partial charge is 0.282 e. The highest BCUT2D eigenvalue weighted by Gasteiger charge is 2.86. The molecule has 0 amide bonds. The number of fused-ring (bicyclic) bond motifs is 3. The molecule has 0 fully saturated rings. The average Bonchev–Trinajstić information content (AvgIpc) is 2.93. The van der Waals surface area contributed by atoms with Crippen LogP contribution in [0.15, 0.2) is 47.4 Å². The van der Waals surface area contributed by atoms with E-state index in [1.165, 1.54) is 6.07 Å². The minimum atomic E-state index is -7.09. The van der Waals surface area contributed by atoms with E-state index in [1.807, 2.05) is 0 Å². The summed E-state index contributed by atoms with van der Waals surface area (Å²) >= 11 is 0. The molecule has 3 rings (SSSR count). The predicted molar refractivity (Wildman–Crippen MR) is 89.9 cm³/mol. The van der Waals surface area contributed by atoms with Gasteiger partial charge in [0, 0.05) is 16.8 Å². The van der Waals surface area contributed by atoms with Gasteiger partial charge in [-0.15, -0.1) is 8.78 Å². The average molecular weight is 483 g/mol. The Balaban J connectivity index is 2.46. The standard InChI is InChI=1S/C16H7F9O3S2/c17-13(18,15(21,22)23)14(19,20)16(24,25)29-11-4-2-1-3-9(11)10-6-5-8(7-12(10)29)30(26,27)28/h1-7H/p+1. The zero-order chi connectivity index (χ0) is 22.9. The van der Waals surface area contributed by atoms with E-state index in [2.05, 4.69) is 0 Å². The maximum Gasteiger partial charge on any atom is 0.503 e. The van der Waals surface area contributed by atoms with Crippen LogP contribution < -0.4 is 0 Å². The summed E-state index contributed by atoms with van der Waals surface area (Å²) in [4.78, 5) is -1.02. The highest BCUT2D eigenvalue weighted by molar-refractivity contribution is 7.85. The Morgan fingerprint density at radius 1 is 0.733 bits per heavy atom. The lowest BCUT2D eigenvalue weighted by molar-refractivity contribution is -0.390. The van der Waals surface area contributed by atoms with Crippen LogP contribution >= 0.6 is 10.5 Å². The summed E-state index contributed by atoms with van der Waals surface area (Å²) in [5.41, 5.74) is 0. The third-order valence-corrected chi connectivity index (χ3v) is 7.43. The molecule has 0 aliphatic heterocycles. The zero-order valence-electron chi connectivity index (χ0n) is 14.0. The number of alkyl halides is 9. The second-order valence-corrected chi connectivity index (χ2v) is 9.52. The van der Waals surface area contributed by atoms with E-state index in [0.29, 0.717) is 6.07 Å². The van der Waals surface area contributed by atoms with E-state index < -0.39 is 58.2 Å². The van der Waals surface area contributed by atoms with Crippen LogP contribution in [0, 0.1) is 0 Å². The number of thiophene rings is 1. The van der Waals surface area contributed by atoms with Gasteiger partial charge in [0.15, 0.2) is 9.40 Å². The van der Waals surface area contributed by atoms with Gasteiger partial charge in [0.2, 0.25) is 0 Å².